The van der Waals surface area contributed by atoms with Crippen LogP contribution in [0.5, 0.6) is 5.88 Å². The molecule has 1 amide bonds. The molecule has 0 spiro atoms. The Morgan fingerprint density at radius 3 is 2.34 bits per heavy atom. The number of rotatable bonds is 8. The number of anilines is 1. The number of nitrogens with zero attached hydrogens (tertiary/aromatic N) is 4. The highest BCUT2D eigenvalue weighted by atomic mass is 19.1. The van der Waals surface area contributed by atoms with Crippen LogP contribution in [0.4, 0.5) is 15.8 Å². The van der Waals surface area contributed by atoms with E-state index in [1.165, 1.54) is 12.1 Å². The average molecular weight is 558 g/mol. The number of carbonyl (C=O) groups excluding carboxylic acids is 1. The Hall–Kier alpha value is -4.54. The topological polar surface area (TPSA) is 112 Å². The van der Waals surface area contributed by atoms with Crippen LogP contribution in [-0.4, -0.2) is 89.4 Å². The summed E-state index contributed by atoms with van der Waals surface area (Å²) in [4.78, 5) is 37.8. The zero-order valence-electron chi connectivity index (χ0n) is 23.0. The van der Waals surface area contributed by atoms with Crippen LogP contribution in [-0.2, 0) is 16.0 Å². The molecule has 5 rings (SSSR count). The van der Waals surface area contributed by atoms with Crippen LogP contribution in [0.3, 0.4) is 0 Å². The fourth-order valence-corrected chi connectivity index (χ4v) is 4.94. The molecule has 0 unspecified atom stereocenters. The van der Waals surface area contributed by atoms with Gasteiger partial charge in [-0.15, -0.1) is 0 Å². The van der Waals surface area contributed by atoms with Gasteiger partial charge in [-0.1, -0.05) is 24.3 Å². The smallest absolute Gasteiger partial charge is 0.307 e. The Kier molecular flexibility index (Phi) is 8.14. The van der Waals surface area contributed by atoms with Crippen molar-refractivity contribution in [1.29, 1.82) is 0 Å². The first kappa shape index (κ1) is 28.0. The number of nitrogens with one attached hydrogen (secondary N) is 1. The number of piperazine rings is 1. The number of carboxylic acids is 1. The number of benzene rings is 3. The number of halogens is 1. The fraction of sp³-hybridized carbons (Fsp3) is 0.258. The van der Waals surface area contributed by atoms with Gasteiger partial charge in [-0.05, 0) is 55.1 Å². The number of likely N-dealkylation sites (N-methyl/N-ethyl adjacent to an activating group) is 2. The summed E-state index contributed by atoms with van der Waals surface area (Å²) in [6, 6.07) is 18.3. The van der Waals surface area contributed by atoms with Gasteiger partial charge >= 0.3 is 5.97 Å². The molecule has 3 aromatic carbocycles. The summed E-state index contributed by atoms with van der Waals surface area (Å²) >= 11 is 0. The van der Waals surface area contributed by atoms with Gasteiger partial charge in [0.1, 0.15) is 5.82 Å². The van der Waals surface area contributed by atoms with E-state index in [4.69, 9.17) is 10.1 Å². The van der Waals surface area contributed by atoms with E-state index in [0.29, 0.717) is 45.5 Å². The van der Waals surface area contributed by atoms with Crippen molar-refractivity contribution in [1.82, 2.24) is 14.8 Å². The third-order valence-electron chi connectivity index (χ3n) is 7.37. The minimum absolute atomic E-state index is 0.00360. The van der Waals surface area contributed by atoms with E-state index in [9.17, 15) is 19.1 Å². The van der Waals surface area contributed by atoms with Gasteiger partial charge in [-0.25, -0.2) is 9.38 Å². The summed E-state index contributed by atoms with van der Waals surface area (Å²) in [5.74, 6) is -1.53. The predicted octanol–water partition coefficient (Wildman–Crippen LogP) is 4.02. The number of carboxylic acid groups (broad SMARTS) is 1. The van der Waals surface area contributed by atoms with E-state index < -0.39 is 11.8 Å². The molecule has 41 heavy (non-hydrogen) atoms. The molecule has 0 bridgehead atoms. The van der Waals surface area contributed by atoms with Gasteiger partial charge < -0.3 is 25.0 Å². The second-order valence-corrected chi connectivity index (χ2v) is 10.3. The van der Waals surface area contributed by atoms with Crippen molar-refractivity contribution in [2.75, 3.05) is 51.7 Å². The standard InChI is InChI=1S/C31H32FN5O4/c1-35-13-15-37(16-14-35)19-27(38)36(2)24-10-8-23(9-11-24)33-30(21-5-3-20(4-6-21)17-28(39)40)29-25-12-7-22(32)18-26(25)34-31(29)41/h3-12,18,34,41H,13-17,19H2,1-2H3,(H,39,40). The van der Waals surface area contributed by atoms with Crippen LogP contribution >= 0.6 is 0 Å². The molecule has 9 nitrogen and oxygen atoms in total. The summed E-state index contributed by atoms with van der Waals surface area (Å²) in [5, 5.41) is 20.6. The number of aliphatic carboxylic acids is 1. The normalized spacial score (nSPS) is 14.9. The summed E-state index contributed by atoms with van der Waals surface area (Å²) in [6.45, 7) is 3.95. The van der Waals surface area contributed by atoms with E-state index in [0.717, 1.165) is 31.9 Å². The molecule has 0 atom stereocenters. The number of fused-ring (bicyclic) bond motifs is 1. The molecular weight excluding hydrogens is 525 g/mol. The Morgan fingerprint density at radius 2 is 1.68 bits per heavy atom. The lowest BCUT2D eigenvalue weighted by atomic mass is 9.99. The van der Waals surface area contributed by atoms with E-state index >= 15 is 0 Å². The minimum atomic E-state index is -0.935. The maximum atomic E-state index is 13.9. The van der Waals surface area contributed by atoms with Crippen molar-refractivity contribution in [3.05, 3.63) is 89.2 Å². The fourth-order valence-electron chi connectivity index (χ4n) is 4.94. The molecule has 2 heterocycles. The molecule has 10 heteroatoms. The Labute approximate surface area is 237 Å². The number of H-pyrrole nitrogens is 1. The molecular formula is C31H32FN5O4. The van der Waals surface area contributed by atoms with Crippen molar-refractivity contribution < 1.29 is 24.2 Å². The number of aromatic nitrogens is 1. The zero-order chi connectivity index (χ0) is 29.1. The first-order valence-corrected chi connectivity index (χ1v) is 13.4. The van der Waals surface area contributed by atoms with Gasteiger partial charge in [0.15, 0.2) is 5.88 Å². The van der Waals surface area contributed by atoms with Crippen LogP contribution in [0.1, 0.15) is 16.7 Å². The van der Waals surface area contributed by atoms with Gasteiger partial charge in [-0.3, -0.25) is 14.5 Å². The highest BCUT2D eigenvalue weighted by Gasteiger charge is 2.21. The van der Waals surface area contributed by atoms with Gasteiger partial charge in [-0.2, -0.15) is 0 Å². The number of hydrogen-bond donors (Lipinski definition) is 3. The van der Waals surface area contributed by atoms with Crippen molar-refractivity contribution in [2.24, 2.45) is 4.99 Å². The van der Waals surface area contributed by atoms with Crippen LogP contribution in [0, 0.1) is 5.82 Å². The van der Waals surface area contributed by atoms with Gasteiger partial charge in [0, 0.05) is 49.9 Å². The predicted molar refractivity (Wildman–Crippen MR) is 157 cm³/mol. The number of carbonyl (C=O) groups is 2. The number of aromatic hydroxyl groups is 1. The third kappa shape index (κ3) is 6.45. The Morgan fingerprint density at radius 1 is 1.00 bits per heavy atom. The van der Waals surface area contributed by atoms with Crippen molar-refractivity contribution in [3.63, 3.8) is 0 Å². The summed E-state index contributed by atoms with van der Waals surface area (Å²) in [5.41, 5.74) is 3.82. The lowest BCUT2D eigenvalue weighted by Crippen LogP contribution is -2.48. The lowest BCUT2D eigenvalue weighted by Gasteiger charge is -2.32. The highest BCUT2D eigenvalue weighted by molar-refractivity contribution is 6.21. The zero-order valence-corrected chi connectivity index (χ0v) is 23.0. The van der Waals surface area contributed by atoms with Crippen LogP contribution in [0.2, 0.25) is 0 Å². The first-order valence-electron chi connectivity index (χ1n) is 13.4. The molecule has 212 valence electrons. The number of hydrogen-bond acceptors (Lipinski definition) is 6. The molecule has 3 N–H and O–H groups in total. The maximum absolute atomic E-state index is 13.9. The minimum Gasteiger partial charge on any atom is -0.494 e. The quantitative estimate of drug-likeness (QED) is 0.282. The Bertz CT molecular complexity index is 1590. The molecule has 1 aromatic heterocycles. The first-order chi connectivity index (χ1) is 19.7. The van der Waals surface area contributed by atoms with Crippen LogP contribution in [0.15, 0.2) is 71.7 Å². The number of aliphatic imine (C=N–C) groups is 1. The summed E-state index contributed by atoms with van der Waals surface area (Å²) in [6.07, 6.45) is -0.118. The summed E-state index contributed by atoms with van der Waals surface area (Å²) in [7, 11) is 3.83. The van der Waals surface area contributed by atoms with Gasteiger partial charge in [0.2, 0.25) is 5.91 Å². The molecule has 1 aliphatic rings. The largest absolute Gasteiger partial charge is 0.494 e. The monoisotopic (exact) mass is 557 g/mol. The molecule has 0 radical (unpaired) electrons. The third-order valence-corrected chi connectivity index (χ3v) is 7.37. The maximum Gasteiger partial charge on any atom is 0.307 e. The van der Waals surface area contributed by atoms with Crippen molar-refractivity contribution in [2.45, 2.75) is 6.42 Å². The molecule has 1 saturated heterocycles. The lowest BCUT2D eigenvalue weighted by molar-refractivity contribution is -0.136. The highest BCUT2D eigenvalue weighted by Crippen LogP contribution is 2.32. The molecule has 4 aromatic rings. The van der Waals surface area contributed by atoms with E-state index in [1.807, 2.05) is 12.1 Å². The number of amides is 1. The van der Waals surface area contributed by atoms with Crippen LogP contribution < -0.4 is 4.90 Å². The summed E-state index contributed by atoms with van der Waals surface area (Å²) < 4.78 is 13.9. The molecule has 0 saturated carbocycles. The molecule has 1 fully saturated rings. The Balaban J connectivity index is 1.45. The van der Waals surface area contributed by atoms with Crippen molar-refractivity contribution >= 4 is 39.9 Å². The SMILES string of the molecule is CN1CCN(CC(=O)N(C)c2ccc(N=C(c3ccc(CC(=O)O)cc3)c3c(O)[nH]c4cc(F)ccc34)cc2)CC1. The van der Waals surface area contributed by atoms with E-state index in [-0.39, 0.29) is 18.2 Å². The van der Waals surface area contributed by atoms with Crippen molar-refractivity contribution in [3.8, 4) is 5.88 Å². The molecule has 0 aliphatic carbocycles. The van der Waals surface area contributed by atoms with E-state index in [2.05, 4.69) is 21.8 Å². The second-order valence-electron chi connectivity index (χ2n) is 10.3. The van der Waals surface area contributed by atoms with E-state index in [1.54, 1.807) is 54.4 Å². The van der Waals surface area contributed by atoms with Gasteiger partial charge in [0.25, 0.3) is 0 Å². The number of aromatic amines is 1. The van der Waals surface area contributed by atoms with Crippen LogP contribution in [0.25, 0.3) is 10.9 Å². The van der Waals surface area contributed by atoms with Gasteiger partial charge in [0.05, 0.1) is 35.4 Å². The molecule has 1 aliphatic heterocycles. The average Bonchev–Trinajstić information content (AvgIpc) is 3.27. The second kappa shape index (κ2) is 11.9.